The molecule has 4 nitrogen and oxygen atoms in total. The Morgan fingerprint density at radius 3 is 2.89 bits per heavy atom. The van der Waals surface area contributed by atoms with Crippen molar-refractivity contribution in [3.05, 3.63) is 0 Å². The van der Waals surface area contributed by atoms with Crippen LogP contribution in [0.15, 0.2) is 0 Å². The van der Waals surface area contributed by atoms with Gasteiger partial charge in [-0.05, 0) is 38.0 Å². The van der Waals surface area contributed by atoms with Crippen LogP contribution in [0.3, 0.4) is 0 Å². The molecule has 0 aromatic heterocycles. The number of nitrogens with zero attached hydrogens (tertiary/aromatic N) is 1. The monoisotopic (exact) mass is 254 g/mol. The van der Waals surface area contributed by atoms with Crippen LogP contribution in [0.2, 0.25) is 0 Å². The Kier molecular flexibility index (Phi) is 5.01. The SMILES string of the molecule is CC1CCN(C(=O)CC2CCCCO2)C(CN)C1. The van der Waals surface area contributed by atoms with E-state index in [0.717, 1.165) is 38.8 Å². The quantitative estimate of drug-likeness (QED) is 0.831. The first-order valence-electron chi connectivity index (χ1n) is 7.32. The predicted octanol–water partition coefficient (Wildman–Crippen LogP) is 1.53. The number of carbonyl (C=O) groups is 1. The van der Waals surface area contributed by atoms with Gasteiger partial charge in [0, 0.05) is 25.7 Å². The third kappa shape index (κ3) is 3.45. The van der Waals surface area contributed by atoms with Gasteiger partial charge in [-0.3, -0.25) is 4.79 Å². The van der Waals surface area contributed by atoms with Gasteiger partial charge in [0.25, 0.3) is 0 Å². The largest absolute Gasteiger partial charge is 0.378 e. The van der Waals surface area contributed by atoms with Gasteiger partial charge in [-0.2, -0.15) is 0 Å². The summed E-state index contributed by atoms with van der Waals surface area (Å²) in [5.41, 5.74) is 5.80. The zero-order valence-corrected chi connectivity index (χ0v) is 11.4. The highest BCUT2D eigenvalue weighted by molar-refractivity contribution is 5.77. The Bertz CT molecular complexity index is 277. The van der Waals surface area contributed by atoms with Crippen LogP contribution in [0.4, 0.5) is 0 Å². The Morgan fingerprint density at radius 1 is 1.39 bits per heavy atom. The molecule has 2 rings (SSSR count). The van der Waals surface area contributed by atoms with Crippen LogP contribution in [0.5, 0.6) is 0 Å². The number of hydrogen-bond acceptors (Lipinski definition) is 3. The molecule has 2 saturated heterocycles. The van der Waals surface area contributed by atoms with Crippen molar-refractivity contribution >= 4 is 5.91 Å². The summed E-state index contributed by atoms with van der Waals surface area (Å²) in [6.45, 7) is 4.51. The number of rotatable bonds is 3. The maximum Gasteiger partial charge on any atom is 0.225 e. The van der Waals surface area contributed by atoms with E-state index in [1.54, 1.807) is 0 Å². The Morgan fingerprint density at radius 2 is 2.22 bits per heavy atom. The summed E-state index contributed by atoms with van der Waals surface area (Å²) in [5.74, 6) is 0.929. The van der Waals surface area contributed by atoms with Gasteiger partial charge in [0.15, 0.2) is 0 Å². The van der Waals surface area contributed by atoms with Crippen LogP contribution >= 0.6 is 0 Å². The van der Waals surface area contributed by atoms with Crippen LogP contribution in [0.25, 0.3) is 0 Å². The lowest BCUT2D eigenvalue weighted by atomic mass is 9.92. The summed E-state index contributed by atoms with van der Waals surface area (Å²) in [7, 11) is 0. The minimum absolute atomic E-state index is 0.143. The minimum Gasteiger partial charge on any atom is -0.378 e. The summed E-state index contributed by atoms with van der Waals surface area (Å²) in [6.07, 6.45) is 6.20. The summed E-state index contributed by atoms with van der Waals surface area (Å²) < 4.78 is 5.65. The normalized spacial score (nSPS) is 33.4. The lowest BCUT2D eigenvalue weighted by Gasteiger charge is -2.39. The molecule has 0 aromatic carbocycles. The fourth-order valence-electron chi connectivity index (χ4n) is 3.08. The second kappa shape index (κ2) is 6.53. The van der Waals surface area contributed by atoms with Gasteiger partial charge in [0.05, 0.1) is 12.5 Å². The van der Waals surface area contributed by atoms with Crippen LogP contribution < -0.4 is 5.73 Å². The maximum absolute atomic E-state index is 12.3. The molecule has 0 spiro atoms. The molecular formula is C14H26N2O2. The summed E-state index contributed by atoms with van der Waals surface area (Å²) in [5, 5.41) is 0. The van der Waals surface area contributed by atoms with Crippen LogP contribution in [-0.4, -0.2) is 42.6 Å². The molecule has 18 heavy (non-hydrogen) atoms. The molecule has 3 atom stereocenters. The Balaban J connectivity index is 1.86. The molecule has 0 aliphatic carbocycles. The highest BCUT2D eigenvalue weighted by Crippen LogP contribution is 2.24. The van der Waals surface area contributed by atoms with Crippen molar-refractivity contribution in [1.29, 1.82) is 0 Å². The van der Waals surface area contributed by atoms with E-state index in [4.69, 9.17) is 10.5 Å². The van der Waals surface area contributed by atoms with Crippen molar-refractivity contribution in [2.24, 2.45) is 11.7 Å². The maximum atomic E-state index is 12.3. The van der Waals surface area contributed by atoms with Crippen LogP contribution in [0.1, 0.15) is 45.4 Å². The fourth-order valence-corrected chi connectivity index (χ4v) is 3.08. The van der Waals surface area contributed by atoms with E-state index < -0.39 is 0 Å². The van der Waals surface area contributed by atoms with Crippen molar-refractivity contribution in [1.82, 2.24) is 4.90 Å². The van der Waals surface area contributed by atoms with E-state index in [2.05, 4.69) is 6.92 Å². The number of nitrogens with two attached hydrogens (primary N) is 1. The van der Waals surface area contributed by atoms with Gasteiger partial charge >= 0.3 is 0 Å². The molecule has 2 aliphatic heterocycles. The van der Waals surface area contributed by atoms with Gasteiger partial charge in [-0.15, -0.1) is 0 Å². The van der Waals surface area contributed by atoms with E-state index in [1.165, 1.54) is 6.42 Å². The lowest BCUT2D eigenvalue weighted by Crippen LogP contribution is -2.50. The lowest BCUT2D eigenvalue weighted by molar-refractivity contribution is -0.139. The number of likely N-dealkylation sites (tertiary alicyclic amines) is 1. The van der Waals surface area contributed by atoms with Gasteiger partial charge in [0.2, 0.25) is 5.91 Å². The van der Waals surface area contributed by atoms with Crippen LogP contribution in [-0.2, 0) is 9.53 Å². The Hall–Kier alpha value is -0.610. The predicted molar refractivity (Wildman–Crippen MR) is 71.2 cm³/mol. The molecule has 1 amide bonds. The average Bonchev–Trinajstić information content (AvgIpc) is 2.39. The first kappa shape index (κ1) is 13.8. The zero-order chi connectivity index (χ0) is 13.0. The molecule has 2 N–H and O–H groups in total. The molecule has 2 aliphatic rings. The van der Waals surface area contributed by atoms with Gasteiger partial charge < -0.3 is 15.4 Å². The zero-order valence-electron chi connectivity index (χ0n) is 11.4. The molecule has 0 aromatic rings. The highest BCUT2D eigenvalue weighted by atomic mass is 16.5. The van der Waals surface area contributed by atoms with E-state index >= 15 is 0 Å². The number of carbonyl (C=O) groups excluding carboxylic acids is 1. The van der Waals surface area contributed by atoms with Crippen molar-refractivity contribution in [2.75, 3.05) is 19.7 Å². The second-order valence-corrected chi connectivity index (χ2v) is 5.80. The van der Waals surface area contributed by atoms with Crippen molar-refractivity contribution in [3.8, 4) is 0 Å². The van der Waals surface area contributed by atoms with Gasteiger partial charge in [-0.25, -0.2) is 0 Å². The highest BCUT2D eigenvalue weighted by Gasteiger charge is 2.30. The first-order valence-corrected chi connectivity index (χ1v) is 7.32. The third-order valence-corrected chi connectivity index (χ3v) is 4.25. The molecule has 2 heterocycles. The molecule has 4 heteroatoms. The summed E-state index contributed by atoms with van der Waals surface area (Å²) in [6, 6.07) is 0.241. The summed E-state index contributed by atoms with van der Waals surface area (Å²) in [4.78, 5) is 14.3. The number of ether oxygens (including phenoxy) is 1. The smallest absolute Gasteiger partial charge is 0.225 e. The molecular weight excluding hydrogens is 228 g/mol. The van der Waals surface area contributed by atoms with Crippen molar-refractivity contribution in [2.45, 2.75) is 57.6 Å². The van der Waals surface area contributed by atoms with E-state index in [9.17, 15) is 4.79 Å². The Labute approximate surface area is 110 Å². The van der Waals surface area contributed by atoms with E-state index in [1.807, 2.05) is 4.90 Å². The molecule has 2 fully saturated rings. The number of piperidine rings is 1. The second-order valence-electron chi connectivity index (χ2n) is 5.80. The standard InChI is InChI=1S/C14H26N2O2/c1-11-5-6-16(12(8-11)10-15)14(17)9-13-4-2-3-7-18-13/h11-13H,2-10,15H2,1H3. The first-order chi connectivity index (χ1) is 8.70. The molecule has 0 saturated carbocycles. The van der Waals surface area contributed by atoms with Crippen LogP contribution in [0, 0.1) is 5.92 Å². The van der Waals surface area contributed by atoms with E-state index in [-0.39, 0.29) is 18.1 Å². The number of amides is 1. The molecule has 3 unspecified atom stereocenters. The van der Waals surface area contributed by atoms with Crippen molar-refractivity contribution < 1.29 is 9.53 Å². The average molecular weight is 254 g/mol. The van der Waals surface area contributed by atoms with Gasteiger partial charge in [-0.1, -0.05) is 6.92 Å². The molecule has 104 valence electrons. The molecule has 0 bridgehead atoms. The summed E-state index contributed by atoms with van der Waals surface area (Å²) >= 11 is 0. The topological polar surface area (TPSA) is 55.6 Å². The van der Waals surface area contributed by atoms with E-state index in [0.29, 0.717) is 18.9 Å². The fraction of sp³-hybridized carbons (Fsp3) is 0.929. The molecule has 0 radical (unpaired) electrons. The van der Waals surface area contributed by atoms with Gasteiger partial charge in [0.1, 0.15) is 0 Å². The van der Waals surface area contributed by atoms with Crippen molar-refractivity contribution in [3.63, 3.8) is 0 Å². The third-order valence-electron chi connectivity index (χ3n) is 4.25. The number of hydrogen-bond donors (Lipinski definition) is 1. The minimum atomic E-state index is 0.143.